The Morgan fingerprint density at radius 1 is 1.15 bits per heavy atom. The summed E-state index contributed by atoms with van der Waals surface area (Å²) in [5, 5.41) is 0. The van der Waals surface area contributed by atoms with Crippen molar-refractivity contribution in [3.8, 4) is 5.75 Å². The van der Waals surface area contributed by atoms with Gasteiger partial charge in [0.25, 0.3) is 0 Å². The van der Waals surface area contributed by atoms with Gasteiger partial charge in [-0.05, 0) is 17.7 Å². The maximum absolute atomic E-state index is 12.0. The summed E-state index contributed by atoms with van der Waals surface area (Å²) in [6.45, 7) is 0.668. The molecule has 0 saturated carbocycles. The highest BCUT2D eigenvalue weighted by Crippen LogP contribution is 2.22. The molecule has 0 fully saturated rings. The lowest BCUT2D eigenvalue weighted by Crippen LogP contribution is -2.17. The van der Waals surface area contributed by atoms with Crippen LogP contribution in [0.5, 0.6) is 5.75 Å². The van der Waals surface area contributed by atoms with E-state index in [1.165, 1.54) is 31.4 Å². The molecule has 7 heteroatoms. The van der Waals surface area contributed by atoms with Crippen LogP contribution in [0.1, 0.15) is 5.56 Å². The molecule has 112 valence electrons. The van der Waals surface area contributed by atoms with Crippen molar-refractivity contribution >= 4 is 5.78 Å². The van der Waals surface area contributed by atoms with Gasteiger partial charge in [-0.25, -0.2) is 0 Å². The predicted molar refractivity (Wildman–Crippen MR) is 64.5 cm³/mol. The monoisotopic (exact) mass is 292 g/mol. The quantitative estimate of drug-likeness (QED) is 0.690. The van der Waals surface area contributed by atoms with Crippen molar-refractivity contribution < 1.29 is 32.2 Å². The average molecular weight is 292 g/mol. The van der Waals surface area contributed by atoms with Gasteiger partial charge in [0.1, 0.15) is 12.4 Å². The van der Waals surface area contributed by atoms with Crippen molar-refractivity contribution in [2.75, 3.05) is 26.9 Å². The van der Waals surface area contributed by atoms with E-state index < -0.39 is 6.36 Å². The van der Waals surface area contributed by atoms with Crippen LogP contribution >= 0.6 is 0 Å². The summed E-state index contributed by atoms with van der Waals surface area (Å²) in [5.74, 6) is -0.476. The van der Waals surface area contributed by atoms with Crippen LogP contribution < -0.4 is 4.74 Å². The maximum atomic E-state index is 12.0. The number of hydrogen-bond acceptors (Lipinski definition) is 4. The number of rotatable bonds is 8. The molecule has 0 heterocycles. The van der Waals surface area contributed by atoms with Gasteiger partial charge in [0, 0.05) is 13.5 Å². The molecule has 0 spiro atoms. The van der Waals surface area contributed by atoms with E-state index in [-0.39, 0.29) is 24.6 Å². The number of ether oxygens (including phenoxy) is 3. The van der Waals surface area contributed by atoms with E-state index >= 15 is 0 Å². The summed E-state index contributed by atoms with van der Waals surface area (Å²) in [6, 6.07) is 5.16. The van der Waals surface area contributed by atoms with Gasteiger partial charge in [0.2, 0.25) is 0 Å². The molecule has 0 unspecified atom stereocenters. The third-order valence-corrected chi connectivity index (χ3v) is 2.25. The minimum absolute atomic E-state index is 0.0514. The molecule has 0 saturated heterocycles. The van der Waals surface area contributed by atoms with E-state index in [1.54, 1.807) is 0 Å². The second kappa shape index (κ2) is 7.86. The Kier molecular flexibility index (Phi) is 6.47. The Balaban J connectivity index is 2.39. The van der Waals surface area contributed by atoms with E-state index in [0.717, 1.165) is 0 Å². The first-order valence-electron chi connectivity index (χ1n) is 5.84. The third kappa shape index (κ3) is 7.10. The number of Topliss-reactive ketones (excluding diaryl/α,β-unsaturated/α-hetero) is 1. The first-order chi connectivity index (χ1) is 9.40. The lowest BCUT2D eigenvalue weighted by atomic mass is 10.1. The number of halogens is 3. The van der Waals surface area contributed by atoms with Crippen molar-refractivity contribution in [3.05, 3.63) is 29.8 Å². The zero-order valence-corrected chi connectivity index (χ0v) is 10.9. The van der Waals surface area contributed by atoms with E-state index in [0.29, 0.717) is 18.8 Å². The molecule has 1 aromatic rings. The molecule has 0 N–H and O–H groups in total. The number of alkyl halides is 3. The van der Waals surface area contributed by atoms with E-state index in [2.05, 4.69) is 4.74 Å². The molecule has 0 aromatic heterocycles. The number of ketones is 1. The lowest BCUT2D eigenvalue weighted by molar-refractivity contribution is -0.274. The van der Waals surface area contributed by atoms with Crippen LogP contribution in [0.2, 0.25) is 0 Å². The van der Waals surface area contributed by atoms with Crippen LogP contribution in [0.3, 0.4) is 0 Å². The Hall–Kier alpha value is -1.60. The highest BCUT2D eigenvalue weighted by Gasteiger charge is 2.30. The van der Waals surface area contributed by atoms with Crippen molar-refractivity contribution in [2.45, 2.75) is 12.8 Å². The second-order valence-corrected chi connectivity index (χ2v) is 3.95. The molecule has 0 bridgehead atoms. The third-order valence-electron chi connectivity index (χ3n) is 2.25. The molecule has 0 aliphatic heterocycles. The SMILES string of the molecule is COCCOCC(=O)Cc1ccc(OC(F)(F)F)cc1. The van der Waals surface area contributed by atoms with Gasteiger partial charge in [-0.2, -0.15) is 0 Å². The predicted octanol–water partition coefficient (Wildman–Crippen LogP) is 2.36. The number of carbonyl (C=O) groups is 1. The summed E-state index contributed by atoms with van der Waals surface area (Å²) in [7, 11) is 1.52. The van der Waals surface area contributed by atoms with Gasteiger partial charge in [0.15, 0.2) is 5.78 Å². The normalized spacial score (nSPS) is 11.4. The largest absolute Gasteiger partial charge is 0.573 e. The fourth-order valence-electron chi connectivity index (χ4n) is 1.42. The molecule has 0 atom stereocenters. The van der Waals surface area contributed by atoms with Crippen molar-refractivity contribution in [3.63, 3.8) is 0 Å². The van der Waals surface area contributed by atoms with E-state index in [4.69, 9.17) is 9.47 Å². The van der Waals surface area contributed by atoms with Crippen LogP contribution in [0.25, 0.3) is 0 Å². The smallest absolute Gasteiger partial charge is 0.406 e. The zero-order valence-electron chi connectivity index (χ0n) is 10.9. The summed E-state index contributed by atoms with van der Waals surface area (Å²) in [6.07, 6.45) is -4.62. The lowest BCUT2D eigenvalue weighted by Gasteiger charge is -2.09. The van der Waals surface area contributed by atoms with Crippen molar-refractivity contribution in [1.82, 2.24) is 0 Å². The van der Waals surface area contributed by atoms with Crippen LogP contribution in [-0.2, 0) is 20.7 Å². The van der Waals surface area contributed by atoms with Crippen LogP contribution in [0.4, 0.5) is 13.2 Å². The Morgan fingerprint density at radius 3 is 2.35 bits per heavy atom. The highest BCUT2D eigenvalue weighted by atomic mass is 19.4. The van der Waals surface area contributed by atoms with Crippen LogP contribution in [-0.4, -0.2) is 39.1 Å². The van der Waals surface area contributed by atoms with Gasteiger partial charge in [0.05, 0.1) is 13.2 Å². The summed E-state index contributed by atoms with van der Waals surface area (Å²) in [4.78, 5) is 11.5. The Morgan fingerprint density at radius 2 is 1.80 bits per heavy atom. The highest BCUT2D eigenvalue weighted by molar-refractivity contribution is 5.82. The van der Waals surface area contributed by atoms with Crippen LogP contribution in [0, 0.1) is 0 Å². The molecular formula is C13H15F3O4. The van der Waals surface area contributed by atoms with Gasteiger partial charge < -0.3 is 14.2 Å². The second-order valence-electron chi connectivity index (χ2n) is 3.95. The van der Waals surface area contributed by atoms with Gasteiger partial charge in [-0.15, -0.1) is 13.2 Å². The number of hydrogen-bond donors (Lipinski definition) is 0. The maximum Gasteiger partial charge on any atom is 0.573 e. The van der Waals surface area contributed by atoms with Gasteiger partial charge in [-0.3, -0.25) is 4.79 Å². The number of methoxy groups -OCH3 is 1. The molecule has 0 amide bonds. The fraction of sp³-hybridized carbons (Fsp3) is 0.462. The minimum Gasteiger partial charge on any atom is -0.406 e. The molecule has 20 heavy (non-hydrogen) atoms. The molecule has 0 radical (unpaired) electrons. The van der Waals surface area contributed by atoms with Crippen molar-refractivity contribution in [1.29, 1.82) is 0 Å². The fourth-order valence-corrected chi connectivity index (χ4v) is 1.42. The van der Waals surface area contributed by atoms with Crippen LogP contribution in [0.15, 0.2) is 24.3 Å². The first-order valence-corrected chi connectivity index (χ1v) is 5.84. The van der Waals surface area contributed by atoms with E-state index in [1.807, 2.05) is 0 Å². The van der Waals surface area contributed by atoms with E-state index in [9.17, 15) is 18.0 Å². The minimum atomic E-state index is -4.72. The van der Waals surface area contributed by atoms with Gasteiger partial charge >= 0.3 is 6.36 Å². The van der Waals surface area contributed by atoms with Crippen molar-refractivity contribution in [2.24, 2.45) is 0 Å². The topological polar surface area (TPSA) is 44.8 Å². The molecule has 4 nitrogen and oxygen atoms in total. The summed E-state index contributed by atoms with van der Waals surface area (Å²) < 4.78 is 49.4. The molecule has 0 aliphatic carbocycles. The molecule has 1 rings (SSSR count). The summed E-state index contributed by atoms with van der Waals surface area (Å²) in [5.41, 5.74) is 0.597. The number of carbonyl (C=O) groups excluding carboxylic acids is 1. The standard InChI is InChI=1S/C13H15F3O4/c1-18-6-7-19-9-11(17)8-10-2-4-12(5-3-10)20-13(14,15)16/h2-5H,6-9H2,1H3. The molecule has 0 aliphatic rings. The molecular weight excluding hydrogens is 277 g/mol. The van der Waals surface area contributed by atoms with Gasteiger partial charge in [-0.1, -0.05) is 12.1 Å². The first kappa shape index (κ1) is 16.5. The number of benzene rings is 1. The Labute approximate surface area is 114 Å². The Bertz CT molecular complexity index is 415. The zero-order chi connectivity index (χ0) is 15.0. The summed E-state index contributed by atoms with van der Waals surface area (Å²) >= 11 is 0. The average Bonchev–Trinajstić information content (AvgIpc) is 2.35. The molecule has 1 aromatic carbocycles.